The number of nitrogens with one attached hydrogen (secondary N) is 1. The second-order valence-electron chi connectivity index (χ2n) is 5.74. The quantitative estimate of drug-likeness (QED) is 0.286. The SMILES string of the molecule is COc1cc(OC)c(OC)cc1/C=C/C(=O)OCC(=O)Nc1ccc([N+](=O)[O-])cc1. The summed E-state index contributed by atoms with van der Waals surface area (Å²) in [5, 5.41) is 13.1. The summed E-state index contributed by atoms with van der Waals surface area (Å²) in [7, 11) is 4.45. The van der Waals surface area contributed by atoms with Crippen LogP contribution in [-0.4, -0.2) is 44.7 Å². The number of methoxy groups -OCH3 is 3. The van der Waals surface area contributed by atoms with Crippen LogP contribution in [-0.2, 0) is 14.3 Å². The zero-order valence-electron chi connectivity index (χ0n) is 16.5. The molecule has 1 N–H and O–H groups in total. The zero-order valence-corrected chi connectivity index (χ0v) is 16.5. The minimum absolute atomic E-state index is 0.102. The molecule has 2 aromatic carbocycles. The van der Waals surface area contributed by atoms with Crippen molar-refractivity contribution < 1.29 is 33.5 Å². The minimum Gasteiger partial charge on any atom is -0.496 e. The van der Waals surface area contributed by atoms with Gasteiger partial charge < -0.3 is 24.3 Å². The normalized spacial score (nSPS) is 10.4. The molecule has 0 aromatic heterocycles. The Bertz CT molecular complexity index is 954. The third-order valence-corrected chi connectivity index (χ3v) is 3.84. The number of benzene rings is 2. The van der Waals surface area contributed by atoms with Crippen molar-refractivity contribution in [2.24, 2.45) is 0 Å². The Morgan fingerprint density at radius 2 is 1.60 bits per heavy atom. The lowest BCUT2D eigenvalue weighted by atomic mass is 10.1. The maximum Gasteiger partial charge on any atom is 0.331 e. The number of carbonyl (C=O) groups is 2. The average molecular weight is 416 g/mol. The molecule has 0 saturated carbocycles. The van der Waals surface area contributed by atoms with Gasteiger partial charge in [0.1, 0.15) is 5.75 Å². The summed E-state index contributed by atoms with van der Waals surface area (Å²) in [5.41, 5.74) is 0.782. The molecule has 0 bridgehead atoms. The fourth-order valence-electron chi connectivity index (χ4n) is 2.39. The largest absolute Gasteiger partial charge is 0.496 e. The molecule has 0 aliphatic carbocycles. The molecule has 158 valence electrons. The first-order valence-corrected chi connectivity index (χ1v) is 8.57. The van der Waals surface area contributed by atoms with E-state index in [0.29, 0.717) is 28.5 Å². The number of hydrogen-bond donors (Lipinski definition) is 1. The smallest absolute Gasteiger partial charge is 0.331 e. The molecule has 2 rings (SSSR count). The Morgan fingerprint density at radius 1 is 1.00 bits per heavy atom. The van der Waals surface area contributed by atoms with Crippen LogP contribution in [0.5, 0.6) is 17.2 Å². The molecular formula is C20H20N2O8. The Hall–Kier alpha value is -4.08. The number of hydrogen-bond acceptors (Lipinski definition) is 8. The number of nitro benzene ring substituents is 1. The number of nitrogens with zero attached hydrogens (tertiary/aromatic N) is 1. The highest BCUT2D eigenvalue weighted by Crippen LogP contribution is 2.35. The van der Waals surface area contributed by atoms with Gasteiger partial charge in [-0.1, -0.05) is 0 Å². The van der Waals surface area contributed by atoms with Gasteiger partial charge in [-0.2, -0.15) is 0 Å². The van der Waals surface area contributed by atoms with E-state index in [9.17, 15) is 19.7 Å². The predicted molar refractivity (Wildman–Crippen MR) is 108 cm³/mol. The molecule has 0 fully saturated rings. The lowest BCUT2D eigenvalue weighted by Crippen LogP contribution is -2.20. The maximum atomic E-state index is 11.9. The number of non-ortho nitro benzene ring substituents is 1. The van der Waals surface area contributed by atoms with Crippen molar-refractivity contribution in [1.82, 2.24) is 0 Å². The molecule has 0 saturated heterocycles. The van der Waals surface area contributed by atoms with E-state index < -0.39 is 23.4 Å². The van der Waals surface area contributed by atoms with Crippen molar-refractivity contribution in [2.45, 2.75) is 0 Å². The van der Waals surface area contributed by atoms with Gasteiger partial charge >= 0.3 is 5.97 Å². The number of nitro groups is 1. The van der Waals surface area contributed by atoms with E-state index in [-0.39, 0.29) is 5.69 Å². The number of esters is 1. The fraction of sp³-hybridized carbons (Fsp3) is 0.200. The van der Waals surface area contributed by atoms with E-state index >= 15 is 0 Å². The highest BCUT2D eigenvalue weighted by Gasteiger charge is 2.11. The third-order valence-electron chi connectivity index (χ3n) is 3.84. The molecule has 0 atom stereocenters. The molecule has 0 heterocycles. The molecule has 10 nitrogen and oxygen atoms in total. The van der Waals surface area contributed by atoms with Gasteiger partial charge in [-0.05, 0) is 24.3 Å². The van der Waals surface area contributed by atoms with E-state index in [1.54, 1.807) is 12.1 Å². The van der Waals surface area contributed by atoms with Crippen molar-refractivity contribution in [1.29, 1.82) is 0 Å². The Kier molecular flexibility index (Phi) is 7.74. The van der Waals surface area contributed by atoms with Crippen LogP contribution >= 0.6 is 0 Å². The maximum absolute atomic E-state index is 11.9. The topological polar surface area (TPSA) is 126 Å². The van der Waals surface area contributed by atoms with E-state index in [4.69, 9.17) is 18.9 Å². The summed E-state index contributed by atoms with van der Waals surface area (Å²) < 4.78 is 20.6. The number of amides is 1. The first kappa shape index (κ1) is 22.2. The van der Waals surface area contributed by atoms with Crippen molar-refractivity contribution >= 4 is 29.3 Å². The molecule has 30 heavy (non-hydrogen) atoms. The van der Waals surface area contributed by atoms with E-state index in [0.717, 1.165) is 6.08 Å². The van der Waals surface area contributed by atoms with Gasteiger partial charge in [0.15, 0.2) is 18.1 Å². The summed E-state index contributed by atoms with van der Waals surface area (Å²) in [6.07, 6.45) is 2.60. The van der Waals surface area contributed by atoms with Crippen LogP contribution in [0.1, 0.15) is 5.56 Å². The molecule has 10 heteroatoms. The van der Waals surface area contributed by atoms with Crippen molar-refractivity contribution in [2.75, 3.05) is 33.3 Å². The van der Waals surface area contributed by atoms with Crippen LogP contribution in [0.2, 0.25) is 0 Å². The van der Waals surface area contributed by atoms with E-state index in [2.05, 4.69) is 5.32 Å². The molecule has 0 aliphatic rings. The number of rotatable bonds is 9. The van der Waals surface area contributed by atoms with Crippen LogP contribution in [0.25, 0.3) is 6.08 Å². The molecular weight excluding hydrogens is 396 g/mol. The third kappa shape index (κ3) is 5.96. The highest BCUT2D eigenvalue weighted by atomic mass is 16.6. The minimum atomic E-state index is -0.745. The molecule has 0 spiro atoms. The highest BCUT2D eigenvalue weighted by molar-refractivity contribution is 5.94. The average Bonchev–Trinajstić information content (AvgIpc) is 2.75. The van der Waals surface area contributed by atoms with Gasteiger partial charge in [0.05, 0.1) is 26.3 Å². The first-order valence-electron chi connectivity index (χ1n) is 8.57. The monoisotopic (exact) mass is 416 g/mol. The molecule has 2 aromatic rings. The van der Waals surface area contributed by atoms with Crippen molar-refractivity contribution in [3.8, 4) is 17.2 Å². The second kappa shape index (κ2) is 10.5. The van der Waals surface area contributed by atoms with Crippen LogP contribution < -0.4 is 19.5 Å². The van der Waals surface area contributed by atoms with Crippen LogP contribution in [0.3, 0.4) is 0 Å². The van der Waals surface area contributed by atoms with Gasteiger partial charge in [-0.3, -0.25) is 14.9 Å². The molecule has 0 radical (unpaired) electrons. The summed E-state index contributed by atoms with van der Waals surface area (Å²) in [4.78, 5) is 33.8. The van der Waals surface area contributed by atoms with E-state index in [1.807, 2.05) is 0 Å². The lowest BCUT2D eigenvalue weighted by molar-refractivity contribution is -0.384. The first-order chi connectivity index (χ1) is 14.4. The summed E-state index contributed by atoms with van der Waals surface area (Å²) >= 11 is 0. The van der Waals surface area contributed by atoms with Crippen molar-refractivity contribution in [3.05, 3.63) is 58.2 Å². The van der Waals surface area contributed by atoms with Gasteiger partial charge in [0.2, 0.25) is 0 Å². The van der Waals surface area contributed by atoms with Crippen LogP contribution in [0.15, 0.2) is 42.5 Å². The second-order valence-corrected chi connectivity index (χ2v) is 5.74. The Labute approximate surface area is 172 Å². The van der Waals surface area contributed by atoms with E-state index in [1.165, 1.54) is 51.7 Å². The Morgan fingerprint density at radius 3 is 2.17 bits per heavy atom. The van der Waals surface area contributed by atoms with Gasteiger partial charge in [0, 0.05) is 35.5 Å². The summed E-state index contributed by atoms with van der Waals surface area (Å²) in [6, 6.07) is 8.49. The number of anilines is 1. The summed E-state index contributed by atoms with van der Waals surface area (Å²) in [6.45, 7) is -0.525. The Balaban J connectivity index is 1.94. The molecule has 1 amide bonds. The standard InChI is InChI=1S/C20H20N2O8/c1-27-16-11-18(29-3)17(28-2)10-13(16)4-9-20(24)30-12-19(23)21-14-5-7-15(8-6-14)22(25)26/h4-11H,12H2,1-3H3,(H,21,23)/b9-4+. The van der Waals surface area contributed by atoms with Gasteiger partial charge in [-0.25, -0.2) is 4.79 Å². The molecule has 0 unspecified atom stereocenters. The van der Waals surface area contributed by atoms with Gasteiger partial charge in [-0.15, -0.1) is 0 Å². The van der Waals surface area contributed by atoms with Crippen LogP contribution in [0.4, 0.5) is 11.4 Å². The number of ether oxygens (including phenoxy) is 4. The van der Waals surface area contributed by atoms with Crippen LogP contribution in [0, 0.1) is 10.1 Å². The summed E-state index contributed by atoms with van der Waals surface area (Å²) in [5.74, 6) is 0.0402. The fourth-order valence-corrected chi connectivity index (χ4v) is 2.39. The van der Waals surface area contributed by atoms with Gasteiger partial charge in [0.25, 0.3) is 11.6 Å². The van der Waals surface area contributed by atoms with Crippen molar-refractivity contribution in [3.63, 3.8) is 0 Å². The number of carbonyl (C=O) groups excluding carboxylic acids is 2. The molecule has 0 aliphatic heterocycles. The predicted octanol–water partition coefficient (Wildman–Crippen LogP) is 2.82. The lowest BCUT2D eigenvalue weighted by Gasteiger charge is -2.12. The zero-order chi connectivity index (χ0) is 22.1.